The minimum atomic E-state index is -0.799. The molecule has 0 unspecified atom stereocenters. The van der Waals surface area contributed by atoms with Gasteiger partial charge in [0.15, 0.2) is 0 Å². The van der Waals surface area contributed by atoms with E-state index in [0.717, 1.165) is 19.3 Å². The number of hydrogen-bond donors (Lipinski definition) is 2. The molecule has 4 heteroatoms. The Hall–Kier alpha value is -1.06. The zero-order valence-corrected chi connectivity index (χ0v) is 9.24. The first kappa shape index (κ1) is 13.9. The van der Waals surface area contributed by atoms with E-state index < -0.39 is 11.9 Å². The predicted molar refractivity (Wildman–Crippen MR) is 56.8 cm³/mol. The van der Waals surface area contributed by atoms with E-state index in [2.05, 4.69) is 6.92 Å². The highest BCUT2D eigenvalue weighted by Crippen LogP contribution is 2.20. The summed E-state index contributed by atoms with van der Waals surface area (Å²) in [6.07, 6.45) is 4.55. The average Bonchev–Trinajstić information content (AvgIpc) is 2.16. The van der Waals surface area contributed by atoms with Crippen molar-refractivity contribution in [3.63, 3.8) is 0 Å². The van der Waals surface area contributed by atoms with Gasteiger partial charge in [0.05, 0.1) is 0 Å². The first-order valence-electron chi connectivity index (χ1n) is 5.49. The van der Waals surface area contributed by atoms with Gasteiger partial charge < -0.3 is 10.2 Å². The van der Waals surface area contributed by atoms with Crippen molar-refractivity contribution >= 4 is 11.9 Å². The van der Waals surface area contributed by atoms with Crippen LogP contribution < -0.4 is 0 Å². The molecule has 0 saturated heterocycles. The highest BCUT2D eigenvalue weighted by atomic mass is 16.4. The number of carboxylic acids is 2. The molecule has 0 aliphatic heterocycles. The summed E-state index contributed by atoms with van der Waals surface area (Å²) in [4.78, 5) is 20.8. The van der Waals surface area contributed by atoms with Crippen molar-refractivity contribution in [3.05, 3.63) is 0 Å². The van der Waals surface area contributed by atoms with E-state index in [1.54, 1.807) is 0 Å². The smallest absolute Gasteiger partial charge is 0.303 e. The number of carbonyl (C=O) groups is 2. The fourth-order valence-corrected chi connectivity index (χ4v) is 1.58. The summed E-state index contributed by atoms with van der Waals surface area (Å²) in [6.45, 7) is 2.07. The van der Waals surface area contributed by atoms with Crippen LogP contribution in [0.5, 0.6) is 0 Å². The molecular weight excluding hydrogens is 196 g/mol. The van der Waals surface area contributed by atoms with E-state index in [0.29, 0.717) is 12.8 Å². The van der Waals surface area contributed by atoms with Crippen LogP contribution in [0, 0.1) is 5.92 Å². The Labute approximate surface area is 90.3 Å². The average molecular weight is 216 g/mol. The number of aliphatic carboxylic acids is 2. The van der Waals surface area contributed by atoms with E-state index >= 15 is 0 Å². The summed E-state index contributed by atoms with van der Waals surface area (Å²) >= 11 is 0. The molecule has 2 N–H and O–H groups in total. The third kappa shape index (κ3) is 9.25. The van der Waals surface area contributed by atoms with Gasteiger partial charge in [-0.2, -0.15) is 0 Å². The second-order valence-corrected chi connectivity index (χ2v) is 3.87. The molecule has 0 heterocycles. The quantitative estimate of drug-likeness (QED) is 0.621. The predicted octanol–water partition coefficient (Wildman–Crippen LogP) is 2.52. The molecule has 0 spiro atoms. The first-order valence-corrected chi connectivity index (χ1v) is 5.49. The van der Waals surface area contributed by atoms with Crippen LogP contribution in [0.3, 0.4) is 0 Å². The maximum absolute atomic E-state index is 10.4. The Bertz CT molecular complexity index is 183. The van der Waals surface area contributed by atoms with Crippen LogP contribution >= 0.6 is 0 Å². The van der Waals surface area contributed by atoms with Gasteiger partial charge in [-0.25, -0.2) is 0 Å². The Balaban J connectivity index is 3.82. The lowest BCUT2D eigenvalue weighted by Gasteiger charge is -2.13. The Morgan fingerprint density at radius 1 is 1.00 bits per heavy atom. The Kier molecular flexibility index (Phi) is 7.68. The van der Waals surface area contributed by atoms with Gasteiger partial charge in [-0.15, -0.1) is 0 Å². The fourth-order valence-electron chi connectivity index (χ4n) is 1.58. The van der Waals surface area contributed by atoms with Gasteiger partial charge in [0.2, 0.25) is 0 Å². The van der Waals surface area contributed by atoms with Crippen LogP contribution in [0.15, 0.2) is 0 Å². The maximum atomic E-state index is 10.4. The Morgan fingerprint density at radius 3 is 1.80 bits per heavy atom. The summed E-state index contributed by atoms with van der Waals surface area (Å²) in [5.41, 5.74) is 0. The molecule has 0 amide bonds. The zero-order valence-electron chi connectivity index (χ0n) is 9.24. The molecule has 15 heavy (non-hydrogen) atoms. The van der Waals surface area contributed by atoms with Crippen LogP contribution in [0.1, 0.15) is 51.9 Å². The standard InChI is InChI=1S/C11H20O4/c1-2-3-4-9(5-7-10(12)13)6-8-11(14)15/h9H,2-8H2,1H3,(H,12,13)(H,14,15). The third-order valence-electron chi connectivity index (χ3n) is 2.50. The van der Waals surface area contributed by atoms with Gasteiger partial charge >= 0.3 is 11.9 Å². The van der Waals surface area contributed by atoms with Gasteiger partial charge in [-0.3, -0.25) is 9.59 Å². The van der Waals surface area contributed by atoms with Gasteiger partial charge in [0, 0.05) is 12.8 Å². The lowest BCUT2D eigenvalue weighted by atomic mass is 9.92. The minimum absolute atomic E-state index is 0.147. The summed E-state index contributed by atoms with van der Waals surface area (Å²) in [7, 11) is 0. The van der Waals surface area contributed by atoms with Crippen molar-refractivity contribution < 1.29 is 19.8 Å². The van der Waals surface area contributed by atoms with Gasteiger partial charge in [0.1, 0.15) is 0 Å². The number of unbranched alkanes of at least 4 members (excludes halogenated alkanes) is 1. The lowest BCUT2D eigenvalue weighted by molar-refractivity contribution is -0.137. The lowest BCUT2D eigenvalue weighted by Crippen LogP contribution is -2.07. The maximum Gasteiger partial charge on any atom is 0.303 e. The first-order chi connectivity index (χ1) is 7.06. The Morgan fingerprint density at radius 2 is 1.47 bits per heavy atom. The number of hydrogen-bond acceptors (Lipinski definition) is 2. The second-order valence-electron chi connectivity index (χ2n) is 3.87. The van der Waals surface area contributed by atoms with Crippen LogP contribution in [0.2, 0.25) is 0 Å². The summed E-state index contributed by atoms with van der Waals surface area (Å²) < 4.78 is 0. The summed E-state index contributed by atoms with van der Waals surface area (Å²) in [5.74, 6) is -1.35. The zero-order chi connectivity index (χ0) is 11.7. The van der Waals surface area contributed by atoms with Crippen molar-refractivity contribution in [2.45, 2.75) is 51.9 Å². The largest absolute Gasteiger partial charge is 0.481 e. The third-order valence-corrected chi connectivity index (χ3v) is 2.50. The van der Waals surface area contributed by atoms with E-state index in [1.807, 2.05) is 0 Å². The van der Waals surface area contributed by atoms with E-state index in [9.17, 15) is 9.59 Å². The van der Waals surface area contributed by atoms with E-state index in [-0.39, 0.29) is 18.8 Å². The molecule has 0 saturated carbocycles. The van der Waals surface area contributed by atoms with Crippen LogP contribution in [-0.4, -0.2) is 22.2 Å². The fraction of sp³-hybridized carbons (Fsp3) is 0.818. The molecule has 0 radical (unpaired) electrons. The molecule has 0 aliphatic carbocycles. The highest BCUT2D eigenvalue weighted by molar-refractivity contribution is 5.67. The van der Waals surface area contributed by atoms with E-state index in [1.165, 1.54) is 0 Å². The van der Waals surface area contributed by atoms with Crippen LogP contribution in [0.4, 0.5) is 0 Å². The topological polar surface area (TPSA) is 74.6 Å². The molecule has 0 aromatic heterocycles. The molecule has 0 bridgehead atoms. The van der Waals surface area contributed by atoms with Crippen molar-refractivity contribution in [3.8, 4) is 0 Å². The normalized spacial score (nSPS) is 10.5. The summed E-state index contributed by atoms with van der Waals surface area (Å²) in [6, 6.07) is 0. The van der Waals surface area contributed by atoms with Crippen molar-refractivity contribution in [2.75, 3.05) is 0 Å². The molecule has 0 fully saturated rings. The van der Waals surface area contributed by atoms with Gasteiger partial charge in [0.25, 0.3) is 0 Å². The monoisotopic (exact) mass is 216 g/mol. The second kappa shape index (κ2) is 8.26. The highest BCUT2D eigenvalue weighted by Gasteiger charge is 2.12. The molecule has 0 aromatic carbocycles. The summed E-state index contributed by atoms with van der Waals surface area (Å²) in [5, 5.41) is 17.1. The molecular formula is C11H20O4. The van der Waals surface area contributed by atoms with Gasteiger partial charge in [-0.1, -0.05) is 26.2 Å². The molecule has 0 aliphatic rings. The minimum Gasteiger partial charge on any atom is -0.481 e. The molecule has 88 valence electrons. The van der Waals surface area contributed by atoms with Crippen molar-refractivity contribution in [1.82, 2.24) is 0 Å². The van der Waals surface area contributed by atoms with Gasteiger partial charge in [-0.05, 0) is 18.8 Å². The SMILES string of the molecule is CCCCC(CCC(=O)O)CCC(=O)O. The van der Waals surface area contributed by atoms with Crippen molar-refractivity contribution in [1.29, 1.82) is 0 Å². The van der Waals surface area contributed by atoms with Crippen LogP contribution in [-0.2, 0) is 9.59 Å². The molecule has 0 aromatic rings. The number of rotatable bonds is 9. The van der Waals surface area contributed by atoms with Crippen LogP contribution in [0.25, 0.3) is 0 Å². The number of carboxylic acid groups (broad SMARTS) is 2. The van der Waals surface area contributed by atoms with Crippen molar-refractivity contribution in [2.24, 2.45) is 5.92 Å². The molecule has 4 nitrogen and oxygen atoms in total. The molecule has 0 rings (SSSR count). The molecule has 0 atom stereocenters. The van der Waals surface area contributed by atoms with E-state index in [4.69, 9.17) is 10.2 Å².